The summed E-state index contributed by atoms with van der Waals surface area (Å²) in [5.74, 6) is 0.797. The first-order chi connectivity index (χ1) is 12.6. The monoisotopic (exact) mass is 348 g/mol. The molecule has 3 aromatic rings. The molecule has 0 aliphatic rings. The van der Waals surface area contributed by atoms with Gasteiger partial charge in [0.15, 0.2) is 0 Å². The molecule has 0 spiro atoms. The van der Waals surface area contributed by atoms with Gasteiger partial charge in [0, 0.05) is 29.9 Å². The van der Waals surface area contributed by atoms with Crippen LogP contribution in [-0.2, 0) is 13.2 Å². The number of hydrogen-bond donors (Lipinski definition) is 1. The van der Waals surface area contributed by atoms with Gasteiger partial charge in [-0.15, -0.1) is 0 Å². The molecule has 0 heterocycles. The van der Waals surface area contributed by atoms with E-state index in [4.69, 9.17) is 4.74 Å². The van der Waals surface area contributed by atoms with Crippen molar-refractivity contribution in [2.45, 2.75) is 20.1 Å². The number of aryl methyl sites for hydroxylation is 1. The second-order valence-corrected chi connectivity index (χ2v) is 6.04. The number of nitro benzene ring substituents is 1. The van der Waals surface area contributed by atoms with Crippen LogP contribution < -0.4 is 10.1 Å². The van der Waals surface area contributed by atoms with Gasteiger partial charge in [-0.05, 0) is 48.4 Å². The first-order valence-corrected chi connectivity index (χ1v) is 8.36. The quantitative estimate of drug-likeness (QED) is 0.477. The third-order valence-electron chi connectivity index (χ3n) is 4.02. The number of nitrogens with zero attached hydrogens (tertiary/aromatic N) is 1. The molecule has 5 nitrogen and oxygen atoms in total. The number of nitrogens with one attached hydrogen (secondary N) is 1. The third-order valence-corrected chi connectivity index (χ3v) is 4.02. The Hall–Kier alpha value is -3.34. The van der Waals surface area contributed by atoms with Crippen LogP contribution in [0.25, 0.3) is 0 Å². The van der Waals surface area contributed by atoms with Crippen molar-refractivity contribution in [1.29, 1.82) is 0 Å². The summed E-state index contributed by atoms with van der Waals surface area (Å²) < 4.78 is 5.93. The molecule has 132 valence electrons. The van der Waals surface area contributed by atoms with Crippen molar-refractivity contribution < 1.29 is 9.66 Å². The van der Waals surface area contributed by atoms with Gasteiger partial charge >= 0.3 is 0 Å². The van der Waals surface area contributed by atoms with E-state index in [1.807, 2.05) is 36.4 Å². The van der Waals surface area contributed by atoms with Crippen LogP contribution in [-0.4, -0.2) is 4.92 Å². The third kappa shape index (κ3) is 4.60. The van der Waals surface area contributed by atoms with Gasteiger partial charge in [0.25, 0.3) is 5.69 Å². The summed E-state index contributed by atoms with van der Waals surface area (Å²) in [4.78, 5) is 10.3. The Morgan fingerprint density at radius 3 is 2.50 bits per heavy atom. The van der Waals surface area contributed by atoms with Crippen LogP contribution in [0.1, 0.15) is 16.7 Å². The molecule has 0 unspecified atom stereocenters. The van der Waals surface area contributed by atoms with Crippen molar-refractivity contribution in [3.8, 4) is 5.75 Å². The van der Waals surface area contributed by atoms with Crippen molar-refractivity contribution in [2.75, 3.05) is 5.32 Å². The van der Waals surface area contributed by atoms with E-state index < -0.39 is 4.92 Å². The maximum absolute atomic E-state index is 10.7. The number of non-ortho nitro benzene ring substituents is 1. The van der Waals surface area contributed by atoms with E-state index in [2.05, 4.69) is 24.4 Å². The summed E-state index contributed by atoms with van der Waals surface area (Å²) in [7, 11) is 0. The van der Waals surface area contributed by atoms with Gasteiger partial charge in [-0.3, -0.25) is 10.1 Å². The van der Waals surface area contributed by atoms with Crippen LogP contribution in [0.3, 0.4) is 0 Å². The van der Waals surface area contributed by atoms with Gasteiger partial charge in [-0.2, -0.15) is 0 Å². The van der Waals surface area contributed by atoms with Gasteiger partial charge in [-0.25, -0.2) is 0 Å². The van der Waals surface area contributed by atoms with E-state index in [0.29, 0.717) is 13.2 Å². The molecule has 0 saturated carbocycles. The normalized spacial score (nSPS) is 10.3. The molecule has 5 heteroatoms. The van der Waals surface area contributed by atoms with Crippen LogP contribution in [0.15, 0.2) is 72.8 Å². The number of nitro groups is 1. The van der Waals surface area contributed by atoms with Crippen LogP contribution in [0.2, 0.25) is 0 Å². The molecule has 3 rings (SSSR count). The molecule has 0 bridgehead atoms. The number of hydrogen-bond acceptors (Lipinski definition) is 4. The van der Waals surface area contributed by atoms with Crippen LogP contribution in [0.5, 0.6) is 5.75 Å². The zero-order valence-corrected chi connectivity index (χ0v) is 14.5. The summed E-state index contributed by atoms with van der Waals surface area (Å²) in [6.07, 6.45) is 0. The molecular weight excluding hydrogens is 328 g/mol. The standard InChI is InChI=1S/C21H20N2O3/c1-16-5-4-7-19(13-16)22-14-18-6-2-3-8-21(18)26-15-17-9-11-20(12-10-17)23(24)25/h2-13,22H,14-15H2,1H3. The van der Waals surface area contributed by atoms with Crippen LogP contribution in [0, 0.1) is 17.0 Å². The molecule has 0 aromatic heterocycles. The van der Waals surface area contributed by atoms with Crippen molar-refractivity contribution in [1.82, 2.24) is 0 Å². The Bertz CT molecular complexity index is 892. The number of rotatable bonds is 7. The average molecular weight is 348 g/mol. The molecule has 0 saturated heterocycles. The SMILES string of the molecule is Cc1cccc(NCc2ccccc2OCc2ccc([N+](=O)[O-])cc2)c1. The van der Waals surface area contributed by atoms with E-state index in [-0.39, 0.29) is 5.69 Å². The van der Waals surface area contributed by atoms with E-state index in [1.165, 1.54) is 17.7 Å². The van der Waals surface area contributed by atoms with Crippen molar-refractivity contribution in [2.24, 2.45) is 0 Å². The smallest absolute Gasteiger partial charge is 0.269 e. The molecule has 26 heavy (non-hydrogen) atoms. The highest BCUT2D eigenvalue weighted by Gasteiger charge is 2.06. The highest BCUT2D eigenvalue weighted by atomic mass is 16.6. The zero-order valence-electron chi connectivity index (χ0n) is 14.5. The largest absolute Gasteiger partial charge is 0.489 e. The first-order valence-electron chi connectivity index (χ1n) is 8.36. The first kappa shape index (κ1) is 17.5. The molecule has 0 atom stereocenters. The Labute approximate surface area is 152 Å². The lowest BCUT2D eigenvalue weighted by molar-refractivity contribution is -0.384. The van der Waals surface area contributed by atoms with Crippen LogP contribution in [0.4, 0.5) is 11.4 Å². The van der Waals surface area contributed by atoms with Gasteiger partial charge in [-0.1, -0.05) is 30.3 Å². The minimum absolute atomic E-state index is 0.0801. The summed E-state index contributed by atoms with van der Waals surface area (Å²) in [6.45, 7) is 3.08. The fourth-order valence-electron chi connectivity index (χ4n) is 2.62. The van der Waals surface area contributed by atoms with E-state index in [9.17, 15) is 10.1 Å². The minimum atomic E-state index is -0.406. The molecular formula is C21H20N2O3. The fourth-order valence-corrected chi connectivity index (χ4v) is 2.62. The molecule has 0 radical (unpaired) electrons. The van der Waals surface area contributed by atoms with Gasteiger partial charge in [0.05, 0.1) is 4.92 Å². The van der Waals surface area contributed by atoms with Gasteiger partial charge < -0.3 is 10.1 Å². The minimum Gasteiger partial charge on any atom is -0.489 e. The van der Waals surface area contributed by atoms with E-state index in [0.717, 1.165) is 22.6 Å². The van der Waals surface area contributed by atoms with E-state index in [1.54, 1.807) is 12.1 Å². The molecule has 0 amide bonds. The molecule has 0 aliphatic heterocycles. The topological polar surface area (TPSA) is 64.4 Å². The lowest BCUT2D eigenvalue weighted by atomic mass is 10.1. The molecule has 1 N–H and O–H groups in total. The lowest BCUT2D eigenvalue weighted by Gasteiger charge is -2.13. The Balaban J connectivity index is 1.64. The van der Waals surface area contributed by atoms with Crippen molar-refractivity contribution >= 4 is 11.4 Å². The molecule has 0 aliphatic carbocycles. The fraction of sp³-hybridized carbons (Fsp3) is 0.143. The Morgan fingerprint density at radius 2 is 1.77 bits per heavy atom. The predicted octanol–water partition coefficient (Wildman–Crippen LogP) is 5.09. The molecule has 3 aromatic carbocycles. The van der Waals surface area contributed by atoms with Gasteiger partial charge in [0.1, 0.15) is 12.4 Å². The second-order valence-electron chi connectivity index (χ2n) is 6.04. The highest BCUT2D eigenvalue weighted by Crippen LogP contribution is 2.22. The summed E-state index contributed by atoms with van der Waals surface area (Å²) in [5, 5.41) is 14.1. The Kier molecular flexibility index (Phi) is 5.49. The highest BCUT2D eigenvalue weighted by molar-refractivity contribution is 5.47. The average Bonchev–Trinajstić information content (AvgIpc) is 2.66. The molecule has 0 fully saturated rings. The Morgan fingerprint density at radius 1 is 1.00 bits per heavy atom. The maximum Gasteiger partial charge on any atom is 0.269 e. The number of benzene rings is 3. The zero-order chi connectivity index (χ0) is 18.4. The summed E-state index contributed by atoms with van der Waals surface area (Å²) in [5.41, 5.74) is 4.29. The number of para-hydroxylation sites is 1. The number of anilines is 1. The van der Waals surface area contributed by atoms with E-state index >= 15 is 0 Å². The predicted molar refractivity (Wildman–Crippen MR) is 102 cm³/mol. The van der Waals surface area contributed by atoms with Crippen LogP contribution >= 0.6 is 0 Å². The second kappa shape index (κ2) is 8.16. The van der Waals surface area contributed by atoms with Gasteiger partial charge in [0.2, 0.25) is 0 Å². The lowest BCUT2D eigenvalue weighted by Crippen LogP contribution is -2.04. The van der Waals surface area contributed by atoms with Crippen molar-refractivity contribution in [3.63, 3.8) is 0 Å². The summed E-state index contributed by atoms with van der Waals surface area (Å²) >= 11 is 0. The number of ether oxygens (including phenoxy) is 1. The summed E-state index contributed by atoms with van der Waals surface area (Å²) in [6, 6.07) is 22.5. The van der Waals surface area contributed by atoms with Crippen molar-refractivity contribution in [3.05, 3.63) is 99.6 Å². The maximum atomic E-state index is 10.7.